The molecule has 0 saturated carbocycles. The van der Waals surface area contributed by atoms with E-state index in [9.17, 15) is 8.42 Å². The highest BCUT2D eigenvalue weighted by atomic mass is 32.2. The van der Waals surface area contributed by atoms with Crippen LogP contribution < -0.4 is 5.32 Å². The molecule has 2 rings (SSSR count). The number of sulfonamides is 1. The van der Waals surface area contributed by atoms with Crippen LogP contribution in [0.2, 0.25) is 0 Å². The van der Waals surface area contributed by atoms with Crippen LogP contribution in [0.15, 0.2) is 29.2 Å². The van der Waals surface area contributed by atoms with E-state index in [-0.39, 0.29) is 11.4 Å². The molecule has 2 aromatic rings. The first-order chi connectivity index (χ1) is 9.43. The minimum Gasteiger partial charge on any atom is -0.388 e. The molecule has 0 spiro atoms. The Morgan fingerprint density at radius 3 is 2.45 bits per heavy atom. The van der Waals surface area contributed by atoms with Gasteiger partial charge in [0.1, 0.15) is 5.82 Å². The molecule has 0 bridgehead atoms. The minimum absolute atomic E-state index is 0.125. The highest BCUT2D eigenvalue weighted by Gasteiger charge is 2.22. The second kappa shape index (κ2) is 5.59. The largest absolute Gasteiger partial charge is 0.388 e. The molecule has 1 aromatic carbocycles. The Labute approximate surface area is 118 Å². The van der Waals surface area contributed by atoms with Crippen LogP contribution in [0.25, 0.3) is 0 Å². The molecule has 0 aliphatic heterocycles. The molecule has 0 aliphatic rings. The predicted octanol–water partition coefficient (Wildman–Crippen LogP) is 0.976. The molecule has 0 unspecified atom stereocenters. The normalized spacial score (nSPS) is 11.8. The molecule has 0 saturated heterocycles. The van der Waals surface area contributed by atoms with Gasteiger partial charge in [-0.3, -0.25) is 5.10 Å². The van der Waals surface area contributed by atoms with Crippen LogP contribution in [-0.4, -0.2) is 42.0 Å². The number of anilines is 1. The van der Waals surface area contributed by atoms with Gasteiger partial charge in [0.2, 0.25) is 10.0 Å². The maximum Gasteiger partial charge on any atom is 0.243 e. The molecule has 7 nitrogen and oxygen atoms in total. The highest BCUT2D eigenvalue weighted by Crippen LogP contribution is 2.18. The average molecular weight is 295 g/mol. The van der Waals surface area contributed by atoms with Crippen molar-refractivity contribution in [3.8, 4) is 0 Å². The quantitative estimate of drug-likeness (QED) is 0.858. The van der Waals surface area contributed by atoms with Crippen molar-refractivity contribution in [3.63, 3.8) is 0 Å². The number of nitrogens with one attached hydrogen (secondary N) is 2. The van der Waals surface area contributed by atoms with E-state index in [0.717, 1.165) is 5.69 Å². The van der Waals surface area contributed by atoms with Gasteiger partial charge in [-0.1, -0.05) is 0 Å². The highest BCUT2D eigenvalue weighted by molar-refractivity contribution is 7.89. The van der Waals surface area contributed by atoms with Gasteiger partial charge in [0, 0.05) is 19.8 Å². The van der Waals surface area contributed by atoms with Crippen molar-refractivity contribution in [3.05, 3.63) is 35.9 Å². The summed E-state index contributed by atoms with van der Waals surface area (Å²) in [5.74, 6) is 1.10. The van der Waals surface area contributed by atoms with E-state index in [2.05, 4.69) is 20.5 Å². The fourth-order valence-electron chi connectivity index (χ4n) is 1.72. The zero-order chi connectivity index (χ0) is 14.8. The smallest absolute Gasteiger partial charge is 0.243 e. The molecule has 1 heterocycles. The van der Waals surface area contributed by atoms with Gasteiger partial charge in [-0.05, 0) is 31.2 Å². The van der Waals surface area contributed by atoms with Crippen LogP contribution in [0.3, 0.4) is 0 Å². The number of aromatic nitrogens is 3. The summed E-state index contributed by atoms with van der Waals surface area (Å²) in [6, 6.07) is 6.58. The number of hydrogen-bond donors (Lipinski definition) is 2. The van der Waals surface area contributed by atoms with Crippen molar-refractivity contribution < 1.29 is 8.42 Å². The fourth-order valence-corrected chi connectivity index (χ4v) is 2.84. The van der Waals surface area contributed by atoms with Crippen molar-refractivity contribution in [2.75, 3.05) is 19.4 Å². The first kappa shape index (κ1) is 14.5. The Morgan fingerprint density at radius 2 is 1.95 bits per heavy atom. The predicted molar refractivity (Wildman–Crippen MR) is 75.8 cm³/mol. The molecular weight excluding hydrogens is 278 g/mol. The summed E-state index contributed by atoms with van der Waals surface area (Å²) in [5, 5.41) is 9.57. The van der Waals surface area contributed by atoms with Gasteiger partial charge in [-0.15, -0.1) is 0 Å². The van der Waals surface area contributed by atoms with E-state index in [1.807, 2.05) is 0 Å². The molecule has 2 N–H and O–H groups in total. The first-order valence-electron chi connectivity index (χ1n) is 6.05. The molecule has 0 atom stereocenters. The van der Waals surface area contributed by atoms with Crippen molar-refractivity contribution in [2.24, 2.45) is 0 Å². The summed E-state index contributed by atoms with van der Waals surface area (Å²) >= 11 is 0. The first-order valence-corrected chi connectivity index (χ1v) is 7.49. The third-order valence-electron chi connectivity index (χ3n) is 2.86. The number of rotatable bonds is 5. The summed E-state index contributed by atoms with van der Waals surface area (Å²) in [5.41, 5.74) is 0.858. The maximum atomic E-state index is 12.4. The molecule has 1 aromatic heterocycles. The number of hydrogen-bond acceptors (Lipinski definition) is 5. The lowest BCUT2D eigenvalue weighted by Gasteiger charge is -2.15. The summed E-state index contributed by atoms with van der Waals surface area (Å²) < 4.78 is 26.0. The van der Waals surface area contributed by atoms with E-state index in [0.29, 0.717) is 11.6 Å². The summed E-state index contributed by atoms with van der Waals surface area (Å²) in [6.45, 7) is 1.89. The maximum absolute atomic E-state index is 12.4. The SMILES string of the molecule is CNc1ccc(S(=O)(=O)N(C)Cc2n[nH]c(C)n2)cc1. The van der Waals surface area contributed by atoms with Crippen LogP contribution in [0.5, 0.6) is 0 Å². The number of aryl methyl sites for hydroxylation is 1. The number of nitrogens with zero attached hydrogens (tertiary/aromatic N) is 3. The van der Waals surface area contributed by atoms with Crippen molar-refractivity contribution in [2.45, 2.75) is 18.4 Å². The Morgan fingerprint density at radius 1 is 1.30 bits per heavy atom. The summed E-state index contributed by atoms with van der Waals surface area (Å²) in [7, 11) is -0.255. The van der Waals surface area contributed by atoms with Gasteiger partial charge >= 0.3 is 0 Å². The lowest BCUT2D eigenvalue weighted by molar-refractivity contribution is 0.457. The monoisotopic (exact) mass is 295 g/mol. The van der Waals surface area contributed by atoms with Crippen LogP contribution >= 0.6 is 0 Å². The van der Waals surface area contributed by atoms with Gasteiger partial charge in [0.05, 0.1) is 11.4 Å². The molecule has 8 heteroatoms. The zero-order valence-corrected chi connectivity index (χ0v) is 12.4. The lowest BCUT2D eigenvalue weighted by Crippen LogP contribution is -2.27. The molecule has 108 valence electrons. The summed E-state index contributed by atoms with van der Waals surface area (Å²) in [6.07, 6.45) is 0. The molecule has 0 amide bonds. The fraction of sp³-hybridized carbons (Fsp3) is 0.333. The Kier molecular flexibility index (Phi) is 4.05. The van der Waals surface area contributed by atoms with Crippen LogP contribution in [0.4, 0.5) is 5.69 Å². The van der Waals surface area contributed by atoms with E-state index >= 15 is 0 Å². The standard InChI is InChI=1S/C12H17N5O2S/c1-9-14-12(16-15-9)8-17(3)20(18,19)11-6-4-10(13-2)5-7-11/h4-7,13H,8H2,1-3H3,(H,14,15,16). The van der Waals surface area contributed by atoms with Crippen molar-refractivity contribution in [1.82, 2.24) is 19.5 Å². The van der Waals surface area contributed by atoms with E-state index < -0.39 is 10.0 Å². The van der Waals surface area contributed by atoms with E-state index in [4.69, 9.17) is 0 Å². The summed E-state index contributed by atoms with van der Waals surface area (Å²) in [4.78, 5) is 4.34. The lowest BCUT2D eigenvalue weighted by atomic mass is 10.3. The zero-order valence-electron chi connectivity index (χ0n) is 11.6. The minimum atomic E-state index is -3.54. The number of H-pyrrole nitrogens is 1. The van der Waals surface area contributed by atoms with E-state index in [1.54, 1.807) is 38.2 Å². The third-order valence-corrected chi connectivity index (χ3v) is 4.68. The van der Waals surface area contributed by atoms with Gasteiger partial charge in [-0.2, -0.15) is 9.40 Å². The van der Waals surface area contributed by atoms with Gasteiger partial charge in [-0.25, -0.2) is 13.4 Å². The molecular formula is C12H17N5O2S. The third kappa shape index (κ3) is 2.97. The van der Waals surface area contributed by atoms with Gasteiger partial charge in [0.25, 0.3) is 0 Å². The van der Waals surface area contributed by atoms with Crippen LogP contribution in [0, 0.1) is 6.92 Å². The second-order valence-electron chi connectivity index (χ2n) is 4.37. The Balaban J connectivity index is 2.19. The number of benzene rings is 1. The van der Waals surface area contributed by atoms with Crippen molar-refractivity contribution >= 4 is 15.7 Å². The topological polar surface area (TPSA) is 91.0 Å². The Bertz CT molecular complexity index is 678. The number of aromatic amines is 1. The molecule has 0 aliphatic carbocycles. The molecule has 20 heavy (non-hydrogen) atoms. The molecule has 0 fully saturated rings. The average Bonchev–Trinajstić information content (AvgIpc) is 2.84. The molecule has 0 radical (unpaired) electrons. The second-order valence-corrected chi connectivity index (χ2v) is 6.42. The van der Waals surface area contributed by atoms with E-state index in [1.165, 1.54) is 11.4 Å². The van der Waals surface area contributed by atoms with Gasteiger partial charge in [0.15, 0.2) is 5.82 Å². The van der Waals surface area contributed by atoms with Crippen LogP contribution in [-0.2, 0) is 16.6 Å². The van der Waals surface area contributed by atoms with Crippen LogP contribution in [0.1, 0.15) is 11.6 Å². The van der Waals surface area contributed by atoms with Crippen molar-refractivity contribution in [1.29, 1.82) is 0 Å². The Hall–Kier alpha value is -1.93. The van der Waals surface area contributed by atoms with Gasteiger partial charge < -0.3 is 5.32 Å².